The molecule has 0 aliphatic rings. The lowest BCUT2D eigenvalue weighted by Gasteiger charge is -2.04. The van der Waals surface area contributed by atoms with E-state index in [9.17, 15) is 4.79 Å². The summed E-state index contributed by atoms with van der Waals surface area (Å²) in [6.07, 6.45) is 0.844. The number of fused-ring (bicyclic) bond motifs is 1. The molecule has 0 aliphatic carbocycles. The number of carbonyl (C=O) groups excluding carboxylic acids is 1. The first kappa shape index (κ1) is 11.0. The summed E-state index contributed by atoms with van der Waals surface area (Å²) < 4.78 is 7.17. The van der Waals surface area contributed by atoms with Gasteiger partial charge in [-0.15, -0.1) is 0 Å². The van der Waals surface area contributed by atoms with E-state index in [0.717, 1.165) is 22.9 Å². The molecule has 4 heteroatoms. The molecule has 2 aromatic rings. The third kappa shape index (κ3) is 1.32. The van der Waals surface area contributed by atoms with E-state index in [1.165, 1.54) is 0 Å². The maximum atomic E-state index is 11.1. The van der Waals surface area contributed by atoms with Gasteiger partial charge in [0.25, 0.3) is 0 Å². The van der Waals surface area contributed by atoms with Gasteiger partial charge < -0.3 is 9.30 Å². The molecule has 0 atom stereocenters. The van der Waals surface area contributed by atoms with Crippen LogP contribution in [0.2, 0.25) is 5.02 Å². The first-order valence-electron chi connectivity index (χ1n) is 4.88. The number of nitrogens with zero attached hydrogens (tertiary/aromatic N) is 1. The van der Waals surface area contributed by atoms with Crippen LogP contribution in [-0.2, 0) is 7.05 Å². The van der Waals surface area contributed by atoms with Crippen LogP contribution < -0.4 is 4.74 Å². The highest BCUT2D eigenvalue weighted by atomic mass is 35.5. The molecule has 0 unspecified atom stereocenters. The molecule has 1 aromatic carbocycles. The summed E-state index contributed by atoms with van der Waals surface area (Å²) in [7, 11) is 3.47. The summed E-state index contributed by atoms with van der Waals surface area (Å²) in [5, 5.41) is 1.40. The Morgan fingerprint density at radius 3 is 2.69 bits per heavy atom. The highest BCUT2D eigenvalue weighted by Crippen LogP contribution is 2.36. The van der Waals surface area contributed by atoms with Gasteiger partial charge in [-0.05, 0) is 19.1 Å². The summed E-state index contributed by atoms with van der Waals surface area (Å²) in [6.45, 7) is 1.89. The molecule has 0 amide bonds. The Bertz CT molecular complexity index is 572. The lowest BCUT2D eigenvalue weighted by atomic mass is 10.1. The molecule has 84 valence electrons. The molecule has 0 radical (unpaired) electrons. The Labute approximate surface area is 98.6 Å². The number of halogens is 1. The van der Waals surface area contributed by atoms with Gasteiger partial charge in [0.05, 0.1) is 23.0 Å². The zero-order valence-electron chi connectivity index (χ0n) is 9.37. The van der Waals surface area contributed by atoms with Gasteiger partial charge in [0.1, 0.15) is 5.75 Å². The van der Waals surface area contributed by atoms with Crippen molar-refractivity contribution in [3.8, 4) is 5.75 Å². The van der Waals surface area contributed by atoms with E-state index in [1.54, 1.807) is 19.2 Å². The minimum Gasteiger partial charge on any atom is -0.496 e. The number of ether oxygens (including phenoxy) is 1. The largest absolute Gasteiger partial charge is 0.496 e. The van der Waals surface area contributed by atoms with Crippen molar-refractivity contribution in [3.05, 3.63) is 28.4 Å². The second-order valence-corrected chi connectivity index (χ2v) is 4.06. The Kier molecular flexibility index (Phi) is 2.64. The Morgan fingerprint density at radius 1 is 1.44 bits per heavy atom. The molecule has 0 fully saturated rings. The number of methoxy groups -OCH3 is 1. The number of aryl methyl sites for hydroxylation is 1. The van der Waals surface area contributed by atoms with Gasteiger partial charge in [0.15, 0.2) is 6.29 Å². The van der Waals surface area contributed by atoms with Crippen LogP contribution in [0.25, 0.3) is 10.9 Å². The van der Waals surface area contributed by atoms with Crippen LogP contribution in [0.1, 0.15) is 16.1 Å². The number of rotatable bonds is 2. The number of aromatic nitrogens is 1. The molecule has 2 rings (SSSR count). The van der Waals surface area contributed by atoms with Gasteiger partial charge in [-0.1, -0.05) is 11.6 Å². The van der Waals surface area contributed by atoms with Gasteiger partial charge >= 0.3 is 0 Å². The first-order chi connectivity index (χ1) is 7.61. The monoisotopic (exact) mass is 237 g/mol. The van der Waals surface area contributed by atoms with Crippen molar-refractivity contribution in [2.45, 2.75) is 6.92 Å². The zero-order valence-corrected chi connectivity index (χ0v) is 10.1. The average molecular weight is 238 g/mol. The van der Waals surface area contributed by atoms with E-state index >= 15 is 0 Å². The second kappa shape index (κ2) is 3.83. The highest BCUT2D eigenvalue weighted by molar-refractivity contribution is 6.36. The Balaban J connectivity index is 3.04. The summed E-state index contributed by atoms with van der Waals surface area (Å²) in [6, 6.07) is 3.55. The van der Waals surface area contributed by atoms with Crippen molar-refractivity contribution >= 4 is 28.8 Å². The number of carbonyl (C=O) groups is 1. The summed E-state index contributed by atoms with van der Waals surface area (Å²) in [5.41, 5.74) is 2.36. The van der Waals surface area contributed by atoms with Crippen LogP contribution in [0.15, 0.2) is 12.1 Å². The SMILES string of the molecule is COc1ccc(Cl)c2c1c(C=O)c(C)n2C. The Morgan fingerprint density at radius 2 is 2.12 bits per heavy atom. The van der Waals surface area contributed by atoms with Crippen LogP contribution in [0.4, 0.5) is 0 Å². The molecule has 16 heavy (non-hydrogen) atoms. The van der Waals surface area contributed by atoms with Gasteiger partial charge in [0, 0.05) is 18.3 Å². The van der Waals surface area contributed by atoms with Gasteiger partial charge in [-0.25, -0.2) is 0 Å². The quantitative estimate of drug-likeness (QED) is 0.752. The van der Waals surface area contributed by atoms with Crippen LogP contribution in [0.5, 0.6) is 5.75 Å². The molecule has 0 N–H and O–H groups in total. The molecule has 0 spiro atoms. The van der Waals surface area contributed by atoms with Crippen molar-refractivity contribution in [3.63, 3.8) is 0 Å². The minimum absolute atomic E-state index is 0.620. The van der Waals surface area contributed by atoms with Crippen LogP contribution in [0, 0.1) is 6.92 Å². The normalized spacial score (nSPS) is 10.8. The van der Waals surface area contributed by atoms with E-state index in [1.807, 2.05) is 18.5 Å². The van der Waals surface area contributed by atoms with E-state index in [2.05, 4.69) is 0 Å². The molecule has 3 nitrogen and oxygen atoms in total. The highest BCUT2D eigenvalue weighted by Gasteiger charge is 2.17. The number of hydrogen-bond donors (Lipinski definition) is 0. The van der Waals surface area contributed by atoms with Crippen LogP contribution in [0.3, 0.4) is 0 Å². The van der Waals surface area contributed by atoms with Crippen LogP contribution in [-0.4, -0.2) is 18.0 Å². The maximum absolute atomic E-state index is 11.1. The van der Waals surface area contributed by atoms with Crippen molar-refractivity contribution in [2.75, 3.05) is 7.11 Å². The predicted molar refractivity (Wildman–Crippen MR) is 64.6 cm³/mol. The van der Waals surface area contributed by atoms with Crippen LogP contribution >= 0.6 is 11.6 Å². The van der Waals surface area contributed by atoms with E-state index in [-0.39, 0.29) is 0 Å². The number of hydrogen-bond acceptors (Lipinski definition) is 2. The molecule has 0 saturated carbocycles. The molecule has 1 heterocycles. The Hall–Kier alpha value is -1.48. The zero-order chi connectivity index (χ0) is 11.9. The molecule has 0 saturated heterocycles. The summed E-state index contributed by atoms with van der Waals surface area (Å²) in [4.78, 5) is 11.1. The third-order valence-corrected chi connectivity index (χ3v) is 3.23. The topological polar surface area (TPSA) is 31.2 Å². The fourth-order valence-corrected chi connectivity index (χ4v) is 2.26. The lowest BCUT2D eigenvalue weighted by Crippen LogP contribution is -1.91. The predicted octanol–water partition coefficient (Wildman–Crippen LogP) is 2.96. The first-order valence-corrected chi connectivity index (χ1v) is 5.26. The molecular weight excluding hydrogens is 226 g/mol. The number of aldehydes is 1. The average Bonchev–Trinajstić information content (AvgIpc) is 2.54. The smallest absolute Gasteiger partial charge is 0.152 e. The van der Waals surface area contributed by atoms with Gasteiger partial charge in [-0.2, -0.15) is 0 Å². The van der Waals surface area contributed by atoms with Crippen molar-refractivity contribution < 1.29 is 9.53 Å². The van der Waals surface area contributed by atoms with Crippen molar-refractivity contribution in [1.29, 1.82) is 0 Å². The molecular formula is C12H12ClNO2. The van der Waals surface area contributed by atoms with E-state index < -0.39 is 0 Å². The lowest BCUT2D eigenvalue weighted by molar-refractivity contribution is 0.112. The summed E-state index contributed by atoms with van der Waals surface area (Å²) >= 11 is 6.14. The molecule has 0 bridgehead atoms. The second-order valence-electron chi connectivity index (χ2n) is 3.65. The third-order valence-electron chi connectivity index (χ3n) is 2.93. The minimum atomic E-state index is 0.620. The molecule has 0 aliphatic heterocycles. The standard InChI is InChI=1S/C12H12ClNO2/c1-7-8(6-15)11-10(16-3)5-4-9(13)12(11)14(7)2/h4-6H,1-3H3. The van der Waals surface area contributed by atoms with Crippen molar-refractivity contribution in [2.24, 2.45) is 7.05 Å². The van der Waals surface area contributed by atoms with E-state index in [4.69, 9.17) is 16.3 Å². The van der Waals surface area contributed by atoms with Gasteiger partial charge in [-0.3, -0.25) is 4.79 Å². The van der Waals surface area contributed by atoms with Crippen molar-refractivity contribution in [1.82, 2.24) is 4.57 Å². The fraction of sp³-hybridized carbons (Fsp3) is 0.250. The van der Waals surface area contributed by atoms with Gasteiger partial charge in [0.2, 0.25) is 0 Å². The summed E-state index contributed by atoms with van der Waals surface area (Å²) in [5.74, 6) is 0.671. The maximum Gasteiger partial charge on any atom is 0.152 e. The van der Waals surface area contributed by atoms with E-state index in [0.29, 0.717) is 16.3 Å². The fourth-order valence-electron chi connectivity index (χ4n) is 1.98. The number of benzene rings is 1. The molecule has 1 aromatic heterocycles.